The molecule has 106 valence electrons. The van der Waals surface area contributed by atoms with Gasteiger partial charge in [0.15, 0.2) is 0 Å². The van der Waals surface area contributed by atoms with E-state index in [0.29, 0.717) is 17.8 Å². The largest absolute Gasteiger partial charge is 0.417 e. The van der Waals surface area contributed by atoms with E-state index in [0.717, 1.165) is 0 Å². The maximum atomic E-state index is 12.7. The highest BCUT2D eigenvalue weighted by Gasteiger charge is 2.40. The molecule has 1 aromatic carbocycles. The first-order valence-electron chi connectivity index (χ1n) is 4.64. The molecule has 0 heterocycles. The van der Waals surface area contributed by atoms with Crippen LogP contribution in [0.5, 0.6) is 0 Å². The number of benzene rings is 1. The summed E-state index contributed by atoms with van der Waals surface area (Å²) in [6.45, 7) is 0. The molecule has 19 heavy (non-hydrogen) atoms. The van der Waals surface area contributed by atoms with Crippen molar-refractivity contribution in [3.63, 3.8) is 0 Å². The van der Waals surface area contributed by atoms with Crippen LogP contribution >= 0.6 is 11.8 Å². The standard InChI is InChI=1S/C10H7F6NOS/c1-19-6-3-4(9(11,12)13)2-5(10(14,15)16)7(6)8(17)18/h2-3H,1H3,(H2,17,18). The Bertz CT molecular complexity index is 508. The van der Waals surface area contributed by atoms with Gasteiger partial charge in [-0.15, -0.1) is 11.8 Å². The number of nitrogens with two attached hydrogens (primary N) is 1. The number of thioether (sulfide) groups is 1. The first-order chi connectivity index (χ1) is 8.48. The fourth-order valence-corrected chi connectivity index (χ4v) is 2.08. The predicted molar refractivity (Wildman–Crippen MR) is 56.7 cm³/mol. The van der Waals surface area contributed by atoms with E-state index in [-0.39, 0.29) is 6.07 Å². The van der Waals surface area contributed by atoms with E-state index in [1.54, 1.807) is 0 Å². The Morgan fingerprint density at radius 2 is 1.63 bits per heavy atom. The van der Waals surface area contributed by atoms with Crippen molar-refractivity contribution in [1.29, 1.82) is 0 Å². The summed E-state index contributed by atoms with van der Waals surface area (Å²) >= 11 is 0.583. The van der Waals surface area contributed by atoms with Crippen LogP contribution in [-0.4, -0.2) is 12.2 Å². The molecule has 2 N–H and O–H groups in total. The van der Waals surface area contributed by atoms with Crippen molar-refractivity contribution in [2.24, 2.45) is 5.73 Å². The lowest BCUT2D eigenvalue weighted by atomic mass is 10.0. The summed E-state index contributed by atoms with van der Waals surface area (Å²) in [6.07, 6.45) is -8.79. The number of carbonyl (C=O) groups excluding carboxylic acids is 1. The van der Waals surface area contributed by atoms with Crippen LogP contribution in [0.4, 0.5) is 26.3 Å². The molecule has 0 aromatic heterocycles. The normalized spacial score (nSPS) is 12.6. The molecule has 1 rings (SSSR count). The summed E-state index contributed by atoms with van der Waals surface area (Å²) in [5, 5.41) is 0. The number of hydrogen-bond acceptors (Lipinski definition) is 2. The summed E-state index contributed by atoms with van der Waals surface area (Å²) in [5.41, 5.74) is 0.703. The van der Waals surface area contributed by atoms with Crippen LogP contribution < -0.4 is 5.73 Å². The van der Waals surface area contributed by atoms with Gasteiger partial charge < -0.3 is 5.73 Å². The topological polar surface area (TPSA) is 43.1 Å². The smallest absolute Gasteiger partial charge is 0.366 e. The Hall–Kier alpha value is -1.38. The second kappa shape index (κ2) is 4.95. The minimum Gasteiger partial charge on any atom is -0.366 e. The summed E-state index contributed by atoms with van der Waals surface area (Å²) in [7, 11) is 0. The van der Waals surface area contributed by atoms with Crippen LogP contribution in [0.3, 0.4) is 0 Å². The molecular formula is C10H7F6NOS. The number of primary amides is 1. The van der Waals surface area contributed by atoms with Crippen LogP contribution in [-0.2, 0) is 12.4 Å². The van der Waals surface area contributed by atoms with Gasteiger partial charge in [0.05, 0.1) is 16.7 Å². The molecule has 0 atom stereocenters. The van der Waals surface area contributed by atoms with Gasteiger partial charge in [0, 0.05) is 4.90 Å². The van der Waals surface area contributed by atoms with E-state index in [4.69, 9.17) is 5.73 Å². The molecule has 2 nitrogen and oxygen atoms in total. The van der Waals surface area contributed by atoms with Gasteiger partial charge in [-0.1, -0.05) is 0 Å². The summed E-state index contributed by atoms with van der Waals surface area (Å²) < 4.78 is 75.7. The summed E-state index contributed by atoms with van der Waals surface area (Å²) in [6, 6.07) is 0.361. The zero-order valence-corrected chi connectivity index (χ0v) is 10.1. The number of carbonyl (C=O) groups is 1. The van der Waals surface area contributed by atoms with Crippen molar-refractivity contribution >= 4 is 17.7 Å². The van der Waals surface area contributed by atoms with Gasteiger partial charge in [0.25, 0.3) is 0 Å². The van der Waals surface area contributed by atoms with Gasteiger partial charge in [-0.05, 0) is 18.4 Å². The zero-order valence-electron chi connectivity index (χ0n) is 9.32. The van der Waals surface area contributed by atoms with Crippen LogP contribution in [0.15, 0.2) is 17.0 Å². The highest BCUT2D eigenvalue weighted by atomic mass is 32.2. The fourth-order valence-electron chi connectivity index (χ4n) is 1.42. The van der Waals surface area contributed by atoms with E-state index in [2.05, 4.69) is 0 Å². The Kier molecular flexibility index (Phi) is 4.08. The quantitative estimate of drug-likeness (QED) is 0.671. The van der Waals surface area contributed by atoms with Gasteiger partial charge in [-0.3, -0.25) is 4.79 Å². The zero-order chi connectivity index (χ0) is 15.0. The third kappa shape index (κ3) is 3.34. The van der Waals surface area contributed by atoms with Gasteiger partial charge in [0.2, 0.25) is 5.91 Å². The SMILES string of the molecule is CSc1cc(C(F)(F)F)cc(C(F)(F)F)c1C(N)=O. The lowest BCUT2D eigenvalue weighted by molar-refractivity contribution is -0.143. The Balaban J connectivity index is 3.70. The van der Waals surface area contributed by atoms with Crippen LogP contribution in [0, 0.1) is 0 Å². The third-order valence-corrected chi connectivity index (χ3v) is 2.96. The van der Waals surface area contributed by atoms with Crippen molar-refractivity contribution in [1.82, 2.24) is 0 Å². The number of hydrogen-bond donors (Lipinski definition) is 1. The molecule has 0 bridgehead atoms. The molecule has 0 unspecified atom stereocenters. The maximum Gasteiger partial charge on any atom is 0.417 e. The Labute approximate surface area is 108 Å². The van der Waals surface area contributed by atoms with Crippen molar-refractivity contribution in [2.45, 2.75) is 17.2 Å². The lowest BCUT2D eigenvalue weighted by Gasteiger charge is -2.17. The van der Waals surface area contributed by atoms with E-state index in [9.17, 15) is 31.1 Å². The van der Waals surface area contributed by atoms with Crippen molar-refractivity contribution in [3.05, 3.63) is 28.8 Å². The van der Waals surface area contributed by atoms with Crippen molar-refractivity contribution in [2.75, 3.05) is 6.26 Å². The molecule has 0 aliphatic rings. The Morgan fingerprint density at radius 3 is 1.95 bits per heavy atom. The second-order valence-electron chi connectivity index (χ2n) is 3.46. The average Bonchev–Trinajstić information content (AvgIpc) is 2.24. The first-order valence-corrected chi connectivity index (χ1v) is 5.87. The van der Waals surface area contributed by atoms with E-state index < -0.39 is 39.8 Å². The molecule has 1 amide bonds. The Morgan fingerprint density at radius 1 is 1.11 bits per heavy atom. The molecule has 1 aromatic rings. The van der Waals surface area contributed by atoms with Crippen LogP contribution in [0.2, 0.25) is 0 Å². The molecule has 0 saturated carbocycles. The number of rotatable bonds is 2. The monoisotopic (exact) mass is 303 g/mol. The highest BCUT2D eigenvalue weighted by molar-refractivity contribution is 7.98. The summed E-state index contributed by atoms with van der Waals surface area (Å²) in [5.74, 6) is -1.43. The molecule has 9 heteroatoms. The first kappa shape index (κ1) is 15.7. The molecular weight excluding hydrogens is 296 g/mol. The van der Waals surface area contributed by atoms with Crippen molar-refractivity contribution in [3.8, 4) is 0 Å². The summed E-state index contributed by atoms with van der Waals surface area (Å²) in [4.78, 5) is 10.6. The van der Waals surface area contributed by atoms with Crippen LogP contribution in [0.25, 0.3) is 0 Å². The minimum absolute atomic E-state index is 0.111. The van der Waals surface area contributed by atoms with Gasteiger partial charge >= 0.3 is 12.4 Å². The van der Waals surface area contributed by atoms with E-state index in [1.807, 2.05) is 0 Å². The van der Waals surface area contributed by atoms with Gasteiger partial charge in [-0.2, -0.15) is 26.3 Å². The minimum atomic E-state index is -5.10. The third-order valence-electron chi connectivity index (χ3n) is 2.20. The highest BCUT2D eigenvalue weighted by Crippen LogP contribution is 2.40. The van der Waals surface area contributed by atoms with E-state index in [1.165, 1.54) is 6.26 Å². The van der Waals surface area contributed by atoms with Gasteiger partial charge in [0.1, 0.15) is 0 Å². The second-order valence-corrected chi connectivity index (χ2v) is 4.31. The number of alkyl halides is 6. The number of halogens is 6. The number of amides is 1. The van der Waals surface area contributed by atoms with Gasteiger partial charge in [-0.25, -0.2) is 0 Å². The predicted octanol–water partition coefficient (Wildman–Crippen LogP) is 3.55. The molecule has 0 aliphatic heterocycles. The average molecular weight is 303 g/mol. The maximum absolute atomic E-state index is 12.7. The van der Waals surface area contributed by atoms with E-state index >= 15 is 0 Å². The molecule has 0 radical (unpaired) electrons. The fraction of sp³-hybridized carbons (Fsp3) is 0.300. The molecule has 0 saturated heterocycles. The lowest BCUT2D eigenvalue weighted by Crippen LogP contribution is -2.21. The van der Waals surface area contributed by atoms with Crippen LogP contribution in [0.1, 0.15) is 21.5 Å². The van der Waals surface area contributed by atoms with Crippen molar-refractivity contribution < 1.29 is 31.1 Å². The molecule has 0 spiro atoms. The molecule has 0 fully saturated rings. The molecule has 0 aliphatic carbocycles.